The SMILES string of the molecule is N#Cc1noc(C23CC4CC(C2)C(n2c(=O)[nH]c5cnc6c(c52)C=CC6)C(C4)C3)n1. The number of nitrogens with zero attached hydrogens (tertiary/aromatic N) is 5. The Morgan fingerprint density at radius 3 is 2.87 bits per heavy atom. The summed E-state index contributed by atoms with van der Waals surface area (Å²) >= 11 is 0. The first-order chi connectivity index (χ1) is 14.6. The van der Waals surface area contributed by atoms with Gasteiger partial charge in [-0.15, -0.1) is 0 Å². The molecule has 1 N–H and O–H groups in total. The van der Waals surface area contributed by atoms with E-state index in [4.69, 9.17) is 9.78 Å². The zero-order chi connectivity index (χ0) is 20.0. The lowest BCUT2D eigenvalue weighted by atomic mass is 9.47. The van der Waals surface area contributed by atoms with Crippen molar-refractivity contribution in [3.05, 3.63) is 45.7 Å². The molecule has 3 aromatic heterocycles. The fourth-order valence-electron chi connectivity index (χ4n) is 7.26. The highest BCUT2D eigenvalue weighted by Gasteiger charge is 2.59. The van der Waals surface area contributed by atoms with Crippen LogP contribution in [0.5, 0.6) is 0 Å². The smallest absolute Gasteiger partial charge is 0.326 e. The molecule has 2 unspecified atom stereocenters. The van der Waals surface area contributed by atoms with Crippen LogP contribution in [0.3, 0.4) is 0 Å². The molecule has 0 aromatic carbocycles. The van der Waals surface area contributed by atoms with Gasteiger partial charge >= 0.3 is 5.69 Å². The van der Waals surface area contributed by atoms with Crippen LogP contribution in [0.25, 0.3) is 17.1 Å². The van der Waals surface area contributed by atoms with Crippen molar-refractivity contribution in [2.75, 3.05) is 0 Å². The number of hydrogen-bond donors (Lipinski definition) is 1. The van der Waals surface area contributed by atoms with E-state index in [0.29, 0.717) is 23.6 Å². The second kappa shape index (κ2) is 5.48. The van der Waals surface area contributed by atoms with Gasteiger partial charge in [0.25, 0.3) is 5.82 Å². The maximum atomic E-state index is 13.1. The van der Waals surface area contributed by atoms with Gasteiger partial charge in [0.05, 0.1) is 28.3 Å². The first-order valence-corrected chi connectivity index (χ1v) is 10.7. The minimum absolute atomic E-state index is 0.0309. The van der Waals surface area contributed by atoms with Crippen molar-refractivity contribution in [3.63, 3.8) is 0 Å². The van der Waals surface area contributed by atoms with Gasteiger partial charge in [-0.25, -0.2) is 4.79 Å². The van der Waals surface area contributed by atoms with Crippen molar-refractivity contribution < 1.29 is 4.52 Å². The molecule has 3 aromatic rings. The van der Waals surface area contributed by atoms with Crippen LogP contribution in [0.15, 0.2) is 21.6 Å². The average Bonchev–Trinajstić information content (AvgIpc) is 3.45. The Morgan fingerprint density at radius 2 is 2.10 bits per heavy atom. The number of pyridine rings is 1. The number of H-pyrrole nitrogens is 1. The first kappa shape index (κ1) is 16.6. The Balaban J connectivity index is 1.36. The fourth-order valence-corrected chi connectivity index (χ4v) is 7.26. The summed E-state index contributed by atoms with van der Waals surface area (Å²) in [5, 5.41) is 13.0. The van der Waals surface area contributed by atoms with Crippen molar-refractivity contribution in [1.29, 1.82) is 5.26 Å². The van der Waals surface area contributed by atoms with Gasteiger partial charge in [0.2, 0.25) is 5.89 Å². The number of nitrogens with one attached hydrogen (secondary N) is 1. The van der Waals surface area contributed by atoms with Crippen LogP contribution in [0.4, 0.5) is 0 Å². The van der Waals surface area contributed by atoms with Crippen molar-refractivity contribution in [3.8, 4) is 6.07 Å². The maximum absolute atomic E-state index is 13.1. The summed E-state index contributed by atoms with van der Waals surface area (Å²) in [6, 6.07) is 2.16. The van der Waals surface area contributed by atoms with Crippen LogP contribution in [-0.2, 0) is 11.8 Å². The molecule has 3 heterocycles. The molecular formula is C22H20N6O2. The minimum atomic E-state index is -0.145. The molecule has 4 bridgehead atoms. The summed E-state index contributed by atoms with van der Waals surface area (Å²) < 4.78 is 7.59. The predicted octanol–water partition coefficient (Wildman–Crippen LogP) is 2.87. The quantitative estimate of drug-likeness (QED) is 0.708. The fraction of sp³-hybridized carbons (Fsp3) is 0.500. The molecular weight excluding hydrogens is 380 g/mol. The molecule has 8 nitrogen and oxygen atoms in total. The number of rotatable bonds is 2. The molecule has 2 atom stereocenters. The van der Waals surface area contributed by atoms with Gasteiger partial charge in [0, 0.05) is 18.0 Å². The topological polar surface area (TPSA) is 113 Å². The van der Waals surface area contributed by atoms with Gasteiger partial charge in [-0.05, 0) is 55.0 Å². The number of imidazole rings is 1. The number of hydrogen-bond acceptors (Lipinski definition) is 6. The summed E-state index contributed by atoms with van der Waals surface area (Å²) in [5.41, 5.74) is 3.79. The monoisotopic (exact) mass is 400 g/mol. The largest absolute Gasteiger partial charge is 0.338 e. The van der Waals surface area contributed by atoms with Gasteiger partial charge < -0.3 is 9.51 Å². The van der Waals surface area contributed by atoms with Gasteiger partial charge in [0.15, 0.2) is 0 Å². The third kappa shape index (κ3) is 2.00. The highest BCUT2D eigenvalue weighted by atomic mass is 16.5. The van der Waals surface area contributed by atoms with E-state index < -0.39 is 0 Å². The van der Waals surface area contributed by atoms with Crippen molar-refractivity contribution in [2.45, 2.75) is 50.0 Å². The normalized spacial score (nSPS) is 33.3. The second-order valence-corrected chi connectivity index (χ2v) is 9.56. The zero-order valence-electron chi connectivity index (χ0n) is 16.3. The molecule has 4 fully saturated rings. The van der Waals surface area contributed by atoms with Crippen LogP contribution in [0.2, 0.25) is 0 Å². The van der Waals surface area contributed by atoms with Crippen molar-refractivity contribution in [2.24, 2.45) is 17.8 Å². The molecule has 8 heteroatoms. The van der Waals surface area contributed by atoms with Gasteiger partial charge in [-0.3, -0.25) is 9.55 Å². The molecule has 30 heavy (non-hydrogen) atoms. The second-order valence-electron chi connectivity index (χ2n) is 9.56. The molecule has 8 rings (SSSR count). The summed E-state index contributed by atoms with van der Waals surface area (Å²) in [6.07, 6.45) is 12.0. The van der Waals surface area contributed by atoms with Gasteiger partial charge in [0.1, 0.15) is 6.07 Å². The Bertz CT molecular complexity index is 1320. The Morgan fingerprint density at radius 1 is 1.27 bits per heavy atom. The minimum Gasteiger partial charge on any atom is -0.338 e. The number of fused-ring (bicyclic) bond motifs is 3. The predicted molar refractivity (Wildman–Crippen MR) is 106 cm³/mol. The number of allylic oxidation sites excluding steroid dienone is 1. The van der Waals surface area contributed by atoms with Crippen LogP contribution in [-0.4, -0.2) is 24.7 Å². The lowest BCUT2D eigenvalue weighted by molar-refractivity contribution is -0.0600. The Labute approximate surface area is 171 Å². The van der Waals surface area contributed by atoms with E-state index in [9.17, 15) is 4.79 Å². The third-order valence-corrected chi connectivity index (χ3v) is 7.97. The molecule has 0 saturated heterocycles. The van der Waals surface area contributed by atoms with E-state index in [1.165, 1.54) is 0 Å². The van der Waals surface area contributed by atoms with E-state index in [0.717, 1.165) is 60.8 Å². The first-order valence-electron chi connectivity index (χ1n) is 10.7. The van der Waals surface area contributed by atoms with Crippen LogP contribution in [0.1, 0.15) is 61.1 Å². The lowest BCUT2D eigenvalue weighted by Gasteiger charge is -2.58. The number of aromatic amines is 1. The van der Waals surface area contributed by atoms with E-state index in [-0.39, 0.29) is 23.0 Å². The summed E-state index contributed by atoms with van der Waals surface area (Å²) in [7, 11) is 0. The zero-order valence-corrected chi connectivity index (χ0v) is 16.3. The Hall–Kier alpha value is -3.21. The summed E-state index contributed by atoms with van der Waals surface area (Å²) in [4.78, 5) is 25.1. The van der Waals surface area contributed by atoms with Crippen molar-refractivity contribution >= 4 is 17.1 Å². The Kier molecular flexibility index (Phi) is 3.03. The van der Waals surface area contributed by atoms with Crippen LogP contribution < -0.4 is 5.69 Å². The summed E-state index contributed by atoms with van der Waals surface area (Å²) in [6.45, 7) is 0. The van der Waals surface area contributed by atoms with Gasteiger partial charge in [-0.1, -0.05) is 12.2 Å². The van der Waals surface area contributed by atoms with Gasteiger partial charge in [-0.2, -0.15) is 10.2 Å². The number of aromatic nitrogens is 5. The van der Waals surface area contributed by atoms with E-state index in [1.54, 1.807) is 6.20 Å². The molecule has 0 spiro atoms. The molecule has 150 valence electrons. The molecule has 4 saturated carbocycles. The van der Waals surface area contributed by atoms with E-state index in [2.05, 4.69) is 32.3 Å². The molecule has 5 aliphatic rings. The van der Waals surface area contributed by atoms with Crippen LogP contribution in [0, 0.1) is 29.1 Å². The third-order valence-electron chi connectivity index (χ3n) is 7.97. The highest BCUT2D eigenvalue weighted by molar-refractivity contribution is 5.87. The number of nitriles is 1. The molecule has 0 radical (unpaired) electrons. The molecule has 5 aliphatic carbocycles. The maximum Gasteiger partial charge on any atom is 0.326 e. The molecule has 0 aliphatic heterocycles. The highest BCUT2D eigenvalue weighted by Crippen LogP contribution is 2.64. The van der Waals surface area contributed by atoms with Crippen molar-refractivity contribution in [1.82, 2.24) is 24.7 Å². The van der Waals surface area contributed by atoms with Crippen LogP contribution >= 0.6 is 0 Å². The molecule has 0 amide bonds. The lowest BCUT2D eigenvalue weighted by Crippen LogP contribution is -2.54. The summed E-state index contributed by atoms with van der Waals surface area (Å²) in [5.74, 6) is 2.12. The van der Waals surface area contributed by atoms with E-state index >= 15 is 0 Å². The van der Waals surface area contributed by atoms with E-state index in [1.807, 2.05) is 10.6 Å². The average molecular weight is 400 g/mol. The standard InChI is InChI=1S/C22H20N6O2/c23-9-17-26-20(30-27-17)22-6-11-4-12(7-22)18(13(5-11)8-22)28-19-14-2-1-3-15(14)24-10-16(19)25-21(28)29/h1-2,10-13,18H,3-8H2,(H,25,29).